The van der Waals surface area contributed by atoms with Crippen LogP contribution in [0.2, 0.25) is 0 Å². The number of benzene rings is 1. The zero-order chi connectivity index (χ0) is 14.8. The summed E-state index contributed by atoms with van der Waals surface area (Å²) in [6, 6.07) is 9.38. The molecule has 0 radical (unpaired) electrons. The molecule has 2 aromatic rings. The van der Waals surface area contributed by atoms with Gasteiger partial charge in [-0.15, -0.1) is 0 Å². The minimum Gasteiger partial charge on any atom is -0.310 e. The van der Waals surface area contributed by atoms with Crippen molar-refractivity contribution < 1.29 is 0 Å². The second kappa shape index (κ2) is 5.82. The maximum atomic E-state index is 4.56. The lowest BCUT2D eigenvalue weighted by Crippen LogP contribution is -2.26. The van der Waals surface area contributed by atoms with Crippen LogP contribution in [0.1, 0.15) is 31.9 Å². The monoisotopic (exact) mass is 282 g/mol. The minimum atomic E-state index is 0.405. The van der Waals surface area contributed by atoms with Crippen molar-refractivity contribution in [1.29, 1.82) is 0 Å². The van der Waals surface area contributed by atoms with Crippen LogP contribution in [0.3, 0.4) is 0 Å². The third-order valence-electron chi connectivity index (χ3n) is 3.83. The van der Waals surface area contributed by atoms with Gasteiger partial charge in [0.05, 0.1) is 0 Å². The van der Waals surface area contributed by atoms with Gasteiger partial charge in [0.15, 0.2) is 0 Å². The summed E-state index contributed by atoms with van der Waals surface area (Å²) in [5, 5.41) is 3.38. The van der Waals surface area contributed by atoms with Crippen molar-refractivity contribution in [1.82, 2.24) is 15.3 Å². The molecule has 1 atom stereocenters. The third kappa shape index (κ3) is 2.90. The molecule has 110 valence electrons. The number of anilines is 2. The van der Waals surface area contributed by atoms with Gasteiger partial charge in [-0.2, -0.15) is 0 Å². The first-order valence-electron chi connectivity index (χ1n) is 7.56. The average molecular weight is 282 g/mol. The maximum Gasteiger partial charge on any atom is 0.230 e. The summed E-state index contributed by atoms with van der Waals surface area (Å²) in [7, 11) is 0. The number of nitrogens with zero attached hydrogens (tertiary/aromatic N) is 3. The topological polar surface area (TPSA) is 41.1 Å². The van der Waals surface area contributed by atoms with Gasteiger partial charge in [-0.3, -0.25) is 0 Å². The van der Waals surface area contributed by atoms with E-state index in [4.69, 9.17) is 0 Å². The van der Waals surface area contributed by atoms with Crippen molar-refractivity contribution in [2.24, 2.45) is 0 Å². The molecule has 1 aliphatic rings. The van der Waals surface area contributed by atoms with Crippen LogP contribution >= 0.6 is 0 Å². The summed E-state index contributed by atoms with van der Waals surface area (Å²) in [5.41, 5.74) is 3.73. The molecule has 3 rings (SSSR count). The van der Waals surface area contributed by atoms with Gasteiger partial charge in [-0.05, 0) is 25.0 Å². The molecule has 0 saturated heterocycles. The summed E-state index contributed by atoms with van der Waals surface area (Å²) in [6.45, 7) is 7.30. The van der Waals surface area contributed by atoms with Gasteiger partial charge in [-0.25, -0.2) is 9.97 Å². The average Bonchev–Trinajstić information content (AvgIpc) is 2.81. The Morgan fingerprint density at radius 1 is 1.24 bits per heavy atom. The smallest absolute Gasteiger partial charge is 0.230 e. The van der Waals surface area contributed by atoms with Crippen molar-refractivity contribution >= 4 is 11.6 Å². The molecule has 0 fully saturated rings. The fourth-order valence-corrected chi connectivity index (χ4v) is 2.76. The molecule has 1 aliphatic heterocycles. The predicted octanol–water partition coefficient (Wildman–Crippen LogP) is 3.06. The van der Waals surface area contributed by atoms with E-state index in [1.807, 2.05) is 12.4 Å². The van der Waals surface area contributed by atoms with E-state index in [1.54, 1.807) is 0 Å². The molecule has 1 aromatic carbocycles. The van der Waals surface area contributed by atoms with Gasteiger partial charge in [-0.1, -0.05) is 32.0 Å². The van der Waals surface area contributed by atoms with Crippen LogP contribution in [0.25, 0.3) is 0 Å². The largest absolute Gasteiger partial charge is 0.310 e. The van der Waals surface area contributed by atoms with Gasteiger partial charge in [0, 0.05) is 42.3 Å². The molecule has 1 N–H and O–H groups in total. The Balaban J connectivity index is 1.81. The number of hydrogen-bond donors (Lipinski definition) is 1. The van der Waals surface area contributed by atoms with Gasteiger partial charge in [0.2, 0.25) is 5.95 Å². The Hall–Kier alpha value is -1.94. The summed E-state index contributed by atoms with van der Waals surface area (Å²) in [5.74, 6) is 0.792. The fraction of sp³-hybridized carbons (Fsp3) is 0.412. The molecular formula is C17H22N4. The van der Waals surface area contributed by atoms with Crippen molar-refractivity contribution in [3.8, 4) is 0 Å². The molecule has 4 nitrogen and oxygen atoms in total. The van der Waals surface area contributed by atoms with E-state index in [2.05, 4.69) is 65.2 Å². The first-order valence-corrected chi connectivity index (χ1v) is 7.56. The van der Waals surface area contributed by atoms with E-state index in [9.17, 15) is 0 Å². The standard InChI is InChI=1S/C17H22N4/c1-12(2)18-9-14-10-19-17(20-11-14)21-13(3)8-15-6-4-5-7-16(15)21/h4-7,10-13,18H,8-9H2,1-3H3. The van der Waals surface area contributed by atoms with Crippen molar-refractivity contribution in [3.05, 3.63) is 47.8 Å². The van der Waals surface area contributed by atoms with Gasteiger partial charge >= 0.3 is 0 Å². The van der Waals surface area contributed by atoms with E-state index in [0.717, 1.165) is 24.5 Å². The molecule has 0 aliphatic carbocycles. The molecule has 4 heteroatoms. The maximum absolute atomic E-state index is 4.56. The summed E-state index contributed by atoms with van der Waals surface area (Å²) in [4.78, 5) is 11.4. The second-order valence-electron chi connectivity index (χ2n) is 5.98. The van der Waals surface area contributed by atoms with Crippen LogP contribution in [0.4, 0.5) is 11.6 Å². The Bertz CT molecular complexity index is 606. The molecule has 21 heavy (non-hydrogen) atoms. The second-order valence-corrected chi connectivity index (χ2v) is 5.98. The summed E-state index contributed by atoms with van der Waals surface area (Å²) >= 11 is 0. The fourth-order valence-electron chi connectivity index (χ4n) is 2.76. The summed E-state index contributed by atoms with van der Waals surface area (Å²) in [6.07, 6.45) is 4.90. The van der Waals surface area contributed by atoms with Crippen molar-refractivity contribution in [3.63, 3.8) is 0 Å². The SMILES string of the molecule is CC(C)NCc1cnc(N2c3ccccc3CC2C)nc1. The number of aromatic nitrogens is 2. The Morgan fingerprint density at radius 2 is 1.95 bits per heavy atom. The van der Waals surface area contributed by atoms with Crippen LogP contribution in [-0.4, -0.2) is 22.1 Å². The van der Waals surface area contributed by atoms with E-state index < -0.39 is 0 Å². The van der Waals surface area contributed by atoms with Crippen LogP contribution in [0, 0.1) is 0 Å². The van der Waals surface area contributed by atoms with Crippen LogP contribution in [0.5, 0.6) is 0 Å². The number of para-hydroxylation sites is 1. The number of fused-ring (bicyclic) bond motifs is 1. The van der Waals surface area contributed by atoms with Gasteiger partial charge in [0.25, 0.3) is 0 Å². The molecule has 0 saturated carbocycles. The lowest BCUT2D eigenvalue weighted by atomic mass is 10.1. The lowest BCUT2D eigenvalue weighted by Gasteiger charge is -2.22. The highest BCUT2D eigenvalue weighted by Crippen LogP contribution is 2.35. The van der Waals surface area contributed by atoms with Crippen LogP contribution in [-0.2, 0) is 13.0 Å². The third-order valence-corrected chi connectivity index (χ3v) is 3.83. The van der Waals surface area contributed by atoms with E-state index in [1.165, 1.54) is 11.3 Å². The number of rotatable bonds is 4. The van der Waals surface area contributed by atoms with Crippen molar-refractivity contribution in [2.45, 2.75) is 45.8 Å². The minimum absolute atomic E-state index is 0.405. The van der Waals surface area contributed by atoms with E-state index in [0.29, 0.717) is 12.1 Å². The zero-order valence-electron chi connectivity index (χ0n) is 12.9. The molecule has 2 heterocycles. The Labute approximate surface area is 126 Å². The van der Waals surface area contributed by atoms with E-state index >= 15 is 0 Å². The first-order chi connectivity index (χ1) is 10.1. The highest BCUT2D eigenvalue weighted by Gasteiger charge is 2.28. The van der Waals surface area contributed by atoms with Crippen LogP contribution < -0.4 is 10.2 Å². The molecular weight excluding hydrogens is 260 g/mol. The van der Waals surface area contributed by atoms with Gasteiger partial charge < -0.3 is 10.2 Å². The highest BCUT2D eigenvalue weighted by atomic mass is 15.3. The molecule has 0 spiro atoms. The Morgan fingerprint density at radius 3 is 2.67 bits per heavy atom. The normalized spacial score (nSPS) is 17.3. The molecule has 0 bridgehead atoms. The first kappa shape index (κ1) is 14.0. The zero-order valence-corrected chi connectivity index (χ0v) is 12.9. The molecule has 1 unspecified atom stereocenters. The Kier molecular flexibility index (Phi) is 3.88. The van der Waals surface area contributed by atoms with E-state index in [-0.39, 0.29) is 0 Å². The number of hydrogen-bond acceptors (Lipinski definition) is 4. The quantitative estimate of drug-likeness (QED) is 0.935. The highest BCUT2D eigenvalue weighted by molar-refractivity contribution is 5.66. The lowest BCUT2D eigenvalue weighted by molar-refractivity contribution is 0.586. The molecule has 0 amide bonds. The van der Waals surface area contributed by atoms with Crippen molar-refractivity contribution in [2.75, 3.05) is 4.90 Å². The van der Waals surface area contributed by atoms with Crippen LogP contribution in [0.15, 0.2) is 36.7 Å². The predicted molar refractivity (Wildman–Crippen MR) is 85.8 cm³/mol. The summed E-state index contributed by atoms with van der Waals surface area (Å²) < 4.78 is 0. The molecule has 1 aromatic heterocycles. The number of nitrogens with one attached hydrogen (secondary N) is 1. The van der Waals surface area contributed by atoms with Gasteiger partial charge in [0.1, 0.15) is 0 Å².